The summed E-state index contributed by atoms with van der Waals surface area (Å²) in [5.74, 6) is 2.73. The zero-order valence-electron chi connectivity index (χ0n) is 16.2. The van der Waals surface area contributed by atoms with Crippen molar-refractivity contribution in [2.75, 3.05) is 44.7 Å². The van der Waals surface area contributed by atoms with Crippen LogP contribution in [0.15, 0.2) is 24.3 Å². The second-order valence-corrected chi connectivity index (χ2v) is 7.89. The van der Waals surface area contributed by atoms with Crippen LogP contribution in [0.2, 0.25) is 0 Å². The molecule has 5 nitrogen and oxygen atoms in total. The fraction of sp³-hybridized carbons (Fsp3) is 0.667. The number of benzene rings is 1. The van der Waals surface area contributed by atoms with Crippen LogP contribution in [0.1, 0.15) is 32.6 Å². The Bertz CT molecular complexity index is 586. The van der Waals surface area contributed by atoms with Gasteiger partial charge in [-0.15, -0.1) is 0 Å². The van der Waals surface area contributed by atoms with E-state index in [-0.39, 0.29) is 5.91 Å². The number of ether oxygens (including phenoxy) is 1. The van der Waals surface area contributed by atoms with Gasteiger partial charge in [0.15, 0.2) is 0 Å². The van der Waals surface area contributed by atoms with Crippen LogP contribution in [0.5, 0.6) is 5.75 Å². The van der Waals surface area contributed by atoms with Gasteiger partial charge in [-0.3, -0.25) is 4.79 Å². The molecular weight excluding hydrogens is 326 g/mol. The number of methoxy groups -OCH3 is 1. The first-order valence-corrected chi connectivity index (χ1v) is 10.0. The van der Waals surface area contributed by atoms with Crippen molar-refractivity contribution in [2.45, 2.75) is 32.6 Å². The summed E-state index contributed by atoms with van der Waals surface area (Å²) >= 11 is 0. The summed E-state index contributed by atoms with van der Waals surface area (Å²) in [6.45, 7) is 7.23. The monoisotopic (exact) mass is 359 g/mol. The molecule has 3 rings (SSSR count). The molecule has 2 N–H and O–H groups in total. The Morgan fingerprint density at radius 3 is 3.08 bits per heavy atom. The standard InChI is InChI=1S/C21H33N3O2/c1-16(18-5-4-9-22-14-18)11-21(25)23-13-17-8-10-24(15-17)19-6-3-7-20(12-19)26-2/h3,6-7,12,16-18,22H,4-5,8-11,13-15H2,1-2H3,(H,23,25). The maximum Gasteiger partial charge on any atom is 0.220 e. The highest BCUT2D eigenvalue weighted by Crippen LogP contribution is 2.27. The first-order valence-electron chi connectivity index (χ1n) is 10.0. The Hall–Kier alpha value is -1.75. The van der Waals surface area contributed by atoms with Gasteiger partial charge in [0.25, 0.3) is 0 Å². The molecule has 2 saturated heterocycles. The molecule has 26 heavy (non-hydrogen) atoms. The maximum atomic E-state index is 12.3. The second-order valence-electron chi connectivity index (χ2n) is 7.89. The lowest BCUT2D eigenvalue weighted by atomic mass is 9.85. The molecule has 5 heteroatoms. The van der Waals surface area contributed by atoms with Crippen molar-refractivity contribution in [1.82, 2.24) is 10.6 Å². The summed E-state index contributed by atoms with van der Waals surface area (Å²) in [7, 11) is 1.70. The topological polar surface area (TPSA) is 53.6 Å². The van der Waals surface area contributed by atoms with Crippen molar-refractivity contribution in [1.29, 1.82) is 0 Å². The molecule has 2 heterocycles. The first-order chi connectivity index (χ1) is 12.7. The number of carbonyl (C=O) groups excluding carboxylic acids is 1. The second kappa shape index (κ2) is 9.26. The fourth-order valence-corrected chi connectivity index (χ4v) is 4.19. The number of nitrogens with one attached hydrogen (secondary N) is 2. The van der Waals surface area contributed by atoms with E-state index in [1.165, 1.54) is 18.5 Å². The molecule has 3 unspecified atom stereocenters. The zero-order valence-corrected chi connectivity index (χ0v) is 16.2. The van der Waals surface area contributed by atoms with E-state index in [1.54, 1.807) is 7.11 Å². The summed E-state index contributed by atoms with van der Waals surface area (Å²) in [6, 6.07) is 8.22. The number of rotatable bonds is 7. The minimum atomic E-state index is 0.211. The number of piperidine rings is 1. The van der Waals surface area contributed by atoms with E-state index in [1.807, 2.05) is 12.1 Å². The minimum Gasteiger partial charge on any atom is -0.497 e. The molecule has 0 aromatic heterocycles. The number of anilines is 1. The van der Waals surface area contributed by atoms with Gasteiger partial charge < -0.3 is 20.3 Å². The molecule has 144 valence electrons. The SMILES string of the molecule is COc1cccc(N2CCC(CNC(=O)CC(C)C3CCCNC3)C2)c1. The Morgan fingerprint density at radius 2 is 2.31 bits per heavy atom. The van der Waals surface area contributed by atoms with Crippen LogP contribution in [0.4, 0.5) is 5.69 Å². The van der Waals surface area contributed by atoms with Gasteiger partial charge in [-0.2, -0.15) is 0 Å². The molecule has 3 atom stereocenters. The predicted molar refractivity (Wildman–Crippen MR) is 106 cm³/mol. The average molecular weight is 360 g/mol. The molecule has 1 aromatic rings. The average Bonchev–Trinajstić information content (AvgIpc) is 3.16. The van der Waals surface area contributed by atoms with Crippen LogP contribution in [-0.4, -0.2) is 45.7 Å². The van der Waals surface area contributed by atoms with Gasteiger partial charge in [0.1, 0.15) is 5.75 Å². The third-order valence-corrected chi connectivity index (χ3v) is 5.94. The highest BCUT2D eigenvalue weighted by molar-refractivity contribution is 5.76. The van der Waals surface area contributed by atoms with Crippen LogP contribution in [0.25, 0.3) is 0 Å². The lowest BCUT2D eigenvalue weighted by Crippen LogP contribution is -2.36. The smallest absolute Gasteiger partial charge is 0.220 e. The van der Waals surface area contributed by atoms with Crippen molar-refractivity contribution < 1.29 is 9.53 Å². The van der Waals surface area contributed by atoms with E-state index in [0.717, 1.165) is 44.9 Å². The van der Waals surface area contributed by atoms with Crippen molar-refractivity contribution in [3.63, 3.8) is 0 Å². The largest absolute Gasteiger partial charge is 0.497 e. The third-order valence-electron chi connectivity index (χ3n) is 5.94. The van der Waals surface area contributed by atoms with Gasteiger partial charge in [-0.05, 0) is 62.2 Å². The Labute approximate surface area is 157 Å². The summed E-state index contributed by atoms with van der Waals surface area (Å²) in [4.78, 5) is 14.7. The van der Waals surface area contributed by atoms with Crippen LogP contribution in [0, 0.1) is 17.8 Å². The zero-order chi connectivity index (χ0) is 18.4. The molecule has 2 fully saturated rings. The van der Waals surface area contributed by atoms with Crippen LogP contribution in [-0.2, 0) is 4.79 Å². The van der Waals surface area contributed by atoms with Gasteiger partial charge in [0, 0.05) is 37.8 Å². The predicted octanol–water partition coefficient (Wildman–Crippen LogP) is 2.66. The van der Waals surface area contributed by atoms with E-state index >= 15 is 0 Å². The van der Waals surface area contributed by atoms with Crippen LogP contribution >= 0.6 is 0 Å². The fourth-order valence-electron chi connectivity index (χ4n) is 4.19. The summed E-state index contributed by atoms with van der Waals surface area (Å²) in [6.07, 6.45) is 4.26. The highest BCUT2D eigenvalue weighted by Gasteiger charge is 2.25. The number of amides is 1. The van der Waals surface area contributed by atoms with Gasteiger partial charge in [0.2, 0.25) is 5.91 Å². The first kappa shape index (κ1) is 19.0. The molecule has 2 aliphatic rings. The molecule has 0 spiro atoms. The molecule has 0 saturated carbocycles. The van der Waals surface area contributed by atoms with Crippen molar-refractivity contribution in [3.8, 4) is 5.75 Å². The Morgan fingerprint density at radius 1 is 1.42 bits per heavy atom. The van der Waals surface area contributed by atoms with Gasteiger partial charge in [-0.1, -0.05) is 13.0 Å². The van der Waals surface area contributed by atoms with Gasteiger partial charge in [-0.25, -0.2) is 0 Å². The maximum absolute atomic E-state index is 12.3. The quantitative estimate of drug-likeness (QED) is 0.786. The van der Waals surface area contributed by atoms with E-state index < -0.39 is 0 Å². The number of hydrogen-bond donors (Lipinski definition) is 2. The molecule has 2 aliphatic heterocycles. The number of nitrogens with zero attached hydrogens (tertiary/aromatic N) is 1. The molecule has 1 aromatic carbocycles. The van der Waals surface area contributed by atoms with Crippen molar-refractivity contribution in [2.24, 2.45) is 17.8 Å². The third kappa shape index (κ3) is 5.13. The molecule has 0 radical (unpaired) electrons. The van der Waals surface area contributed by atoms with Crippen molar-refractivity contribution >= 4 is 11.6 Å². The van der Waals surface area contributed by atoms with E-state index in [4.69, 9.17) is 4.74 Å². The summed E-state index contributed by atoms with van der Waals surface area (Å²) < 4.78 is 5.32. The Balaban J connectivity index is 1.40. The number of carbonyl (C=O) groups is 1. The normalized spacial score (nSPS) is 24.3. The number of hydrogen-bond acceptors (Lipinski definition) is 4. The Kier molecular flexibility index (Phi) is 6.78. The van der Waals surface area contributed by atoms with Crippen LogP contribution < -0.4 is 20.3 Å². The molecule has 0 aliphatic carbocycles. The van der Waals surface area contributed by atoms with Gasteiger partial charge >= 0.3 is 0 Å². The molecular formula is C21H33N3O2. The molecule has 1 amide bonds. The summed E-state index contributed by atoms with van der Waals surface area (Å²) in [5, 5.41) is 6.63. The van der Waals surface area contributed by atoms with E-state index in [9.17, 15) is 4.79 Å². The van der Waals surface area contributed by atoms with Crippen LogP contribution in [0.3, 0.4) is 0 Å². The van der Waals surface area contributed by atoms with Crippen molar-refractivity contribution in [3.05, 3.63) is 24.3 Å². The summed E-state index contributed by atoms with van der Waals surface area (Å²) in [5.41, 5.74) is 1.21. The van der Waals surface area contributed by atoms with E-state index in [0.29, 0.717) is 24.2 Å². The lowest BCUT2D eigenvalue weighted by molar-refractivity contribution is -0.122. The minimum absolute atomic E-state index is 0.211. The lowest BCUT2D eigenvalue weighted by Gasteiger charge is -2.28. The van der Waals surface area contributed by atoms with Gasteiger partial charge in [0.05, 0.1) is 7.11 Å². The molecule has 0 bridgehead atoms. The van der Waals surface area contributed by atoms with E-state index in [2.05, 4.69) is 34.6 Å². The highest BCUT2D eigenvalue weighted by atomic mass is 16.5.